The second-order valence-electron chi connectivity index (χ2n) is 5.75. The SMILES string of the molecule is OCC1CN(c2ccc(C(F)(F)F)cc2)c2cnc(C(F)(F)F)n2C1. The highest BCUT2D eigenvalue weighted by molar-refractivity contribution is 5.61. The van der Waals surface area contributed by atoms with Crippen LogP contribution in [0.3, 0.4) is 0 Å². The summed E-state index contributed by atoms with van der Waals surface area (Å²) in [7, 11) is 0. The summed E-state index contributed by atoms with van der Waals surface area (Å²) < 4.78 is 78.1. The fraction of sp³-hybridized carbons (Fsp3) is 0.400. The number of aromatic nitrogens is 2. The third-order valence-electron chi connectivity index (χ3n) is 4.01. The summed E-state index contributed by atoms with van der Waals surface area (Å²) in [6, 6.07) is 4.10. The molecule has 0 bridgehead atoms. The zero-order valence-corrected chi connectivity index (χ0v) is 12.6. The van der Waals surface area contributed by atoms with Crippen LogP contribution >= 0.6 is 0 Å². The van der Waals surface area contributed by atoms with Crippen molar-refractivity contribution in [2.75, 3.05) is 18.1 Å². The predicted octanol–water partition coefficient (Wildman–Crippen LogP) is 3.68. The van der Waals surface area contributed by atoms with Crippen LogP contribution in [0.5, 0.6) is 0 Å². The molecular weight excluding hydrogens is 352 g/mol. The molecule has 0 saturated carbocycles. The number of benzene rings is 1. The van der Waals surface area contributed by atoms with Crippen LogP contribution in [-0.2, 0) is 18.9 Å². The summed E-state index contributed by atoms with van der Waals surface area (Å²) in [5.41, 5.74) is -0.558. The second kappa shape index (κ2) is 5.94. The van der Waals surface area contributed by atoms with Crippen molar-refractivity contribution in [1.29, 1.82) is 0 Å². The number of anilines is 2. The van der Waals surface area contributed by atoms with E-state index in [4.69, 9.17) is 0 Å². The molecule has 0 spiro atoms. The highest BCUT2D eigenvalue weighted by Gasteiger charge is 2.40. The number of imidazole rings is 1. The van der Waals surface area contributed by atoms with Gasteiger partial charge in [-0.25, -0.2) is 4.98 Å². The Balaban J connectivity index is 2.02. The van der Waals surface area contributed by atoms with Crippen molar-refractivity contribution in [3.63, 3.8) is 0 Å². The number of fused-ring (bicyclic) bond motifs is 1. The average molecular weight is 365 g/mol. The molecule has 1 aromatic heterocycles. The first-order chi connectivity index (χ1) is 11.6. The van der Waals surface area contributed by atoms with Gasteiger partial charge in [0.15, 0.2) is 0 Å². The minimum atomic E-state index is -4.67. The molecule has 1 atom stereocenters. The first kappa shape index (κ1) is 17.6. The average Bonchev–Trinajstić information content (AvgIpc) is 2.97. The fourth-order valence-corrected chi connectivity index (χ4v) is 2.84. The van der Waals surface area contributed by atoms with Crippen molar-refractivity contribution in [3.05, 3.63) is 41.9 Å². The van der Waals surface area contributed by atoms with Gasteiger partial charge in [0.1, 0.15) is 5.82 Å². The quantitative estimate of drug-likeness (QED) is 0.826. The highest BCUT2D eigenvalue weighted by Crippen LogP contribution is 2.38. The van der Waals surface area contributed by atoms with Gasteiger partial charge in [-0.05, 0) is 24.3 Å². The summed E-state index contributed by atoms with van der Waals surface area (Å²) in [4.78, 5) is 4.83. The van der Waals surface area contributed by atoms with Crippen LogP contribution in [0.2, 0.25) is 0 Å². The van der Waals surface area contributed by atoms with E-state index in [0.717, 1.165) is 22.9 Å². The maximum atomic E-state index is 13.1. The molecule has 2 heterocycles. The van der Waals surface area contributed by atoms with Gasteiger partial charge >= 0.3 is 12.4 Å². The Morgan fingerprint density at radius 1 is 1.00 bits per heavy atom. The van der Waals surface area contributed by atoms with E-state index in [1.807, 2.05) is 0 Å². The van der Waals surface area contributed by atoms with Crippen LogP contribution in [0.15, 0.2) is 30.5 Å². The molecule has 4 nitrogen and oxygen atoms in total. The molecular formula is C15H13F6N3O. The number of halogens is 6. The number of alkyl halides is 6. The molecule has 1 unspecified atom stereocenters. The minimum Gasteiger partial charge on any atom is -0.396 e. The van der Waals surface area contributed by atoms with E-state index in [0.29, 0.717) is 5.69 Å². The number of nitrogens with zero attached hydrogens (tertiary/aromatic N) is 3. The van der Waals surface area contributed by atoms with Gasteiger partial charge in [0, 0.05) is 31.3 Å². The third kappa shape index (κ3) is 3.30. The molecule has 1 N–H and O–H groups in total. The molecule has 25 heavy (non-hydrogen) atoms. The van der Waals surface area contributed by atoms with Crippen molar-refractivity contribution < 1.29 is 31.4 Å². The van der Waals surface area contributed by atoms with Crippen LogP contribution in [0, 0.1) is 5.92 Å². The lowest BCUT2D eigenvalue weighted by atomic mass is 10.1. The van der Waals surface area contributed by atoms with E-state index < -0.39 is 29.7 Å². The van der Waals surface area contributed by atoms with Crippen LogP contribution in [0.4, 0.5) is 37.8 Å². The standard InChI is InChI=1S/C15H13F6N3O/c16-14(17,18)10-1-3-11(4-2-10)23-6-9(8-25)7-24-12(23)5-22-13(24)15(19,20)21/h1-5,9,25H,6-8H2. The molecule has 0 amide bonds. The topological polar surface area (TPSA) is 41.3 Å². The van der Waals surface area contributed by atoms with Gasteiger partial charge in [-0.2, -0.15) is 26.3 Å². The minimum absolute atomic E-state index is 0.0716. The van der Waals surface area contributed by atoms with Gasteiger partial charge < -0.3 is 14.6 Å². The van der Waals surface area contributed by atoms with Crippen molar-refractivity contribution >= 4 is 11.5 Å². The number of rotatable bonds is 2. The molecule has 1 aliphatic rings. The summed E-state index contributed by atoms with van der Waals surface area (Å²) in [5, 5.41) is 9.37. The number of aliphatic hydroxyl groups excluding tert-OH is 1. The maximum Gasteiger partial charge on any atom is 0.449 e. The molecule has 2 aromatic rings. The Morgan fingerprint density at radius 3 is 2.16 bits per heavy atom. The second-order valence-corrected chi connectivity index (χ2v) is 5.75. The van der Waals surface area contributed by atoms with Gasteiger partial charge in [-0.3, -0.25) is 0 Å². The Kier molecular flexibility index (Phi) is 4.18. The Labute approximate surface area is 138 Å². The van der Waals surface area contributed by atoms with Crippen molar-refractivity contribution in [3.8, 4) is 0 Å². The van der Waals surface area contributed by atoms with E-state index in [2.05, 4.69) is 4.98 Å². The summed E-state index contributed by atoms with van der Waals surface area (Å²) in [5.74, 6) is -1.49. The first-order valence-corrected chi connectivity index (χ1v) is 7.29. The molecule has 10 heteroatoms. The van der Waals surface area contributed by atoms with Crippen molar-refractivity contribution in [2.45, 2.75) is 18.9 Å². The summed E-state index contributed by atoms with van der Waals surface area (Å²) >= 11 is 0. The van der Waals surface area contributed by atoms with Crippen LogP contribution in [0.1, 0.15) is 11.4 Å². The summed E-state index contributed by atoms with van der Waals surface area (Å²) in [6.45, 7) is -0.255. The molecule has 136 valence electrons. The normalized spacial score (nSPS) is 18.4. The van der Waals surface area contributed by atoms with Gasteiger partial charge in [-0.1, -0.05) is 0 Å². The van der Waals surface area contributed by atoms with E-state index in [9.17, 15) is 31.4 Å². The molecule has 0 fully saturated rings. The monoisotopic (exact) mass is 365 g/mol. The highest BCUT2D eigenvalue weighted by atomic mass is 19.4. The molecule has 0 aliphatic carbocycles. The Morgan fingerprint density at radius 2 is 1.64 bits per heavy atom. The van der Waals surface area contributed by atoms with Crippen LogP contribution in [-0.4, -0.2) is 27.8 Å². The van der Waals surface area contributed by atoms with Crippen molar-refractivity contribution in [2.24, 2.45) is 5.92 Å². The lowest BCUT2D eigenvalue weighted by Gasteiger charge is -2.35. The zero-order valence-electron chi connectivity index (χ0n) is 12.6. The van der Waals surface area contributed by atoms with Gasteiger partial charge in [0.05, 0.1) is 11.8 Å². The van der Waals surface area contributed by atoms with Crippen LogP contribution < -0.4 is 4.90 Å². The molecule has 0 radical (unpaired) electrons. The number of aliphatic hydroxyl groups is 1. The number of hydrogen-bond donors (Lipinski definition) is 1. The van der Waals surface area contributed by atoms with Gasteiger partial charge in [0.25, 0.3) is 0 Å². The Bertz CT molecular complexity index is 750. The number of hydrogen-bond acceptors (Lipinski definition) is 3. The van der Waals surface area contributed by atoms with Gasteiger partial charge in [-0.15, -0.1) is 0 Å². The van der Waals surface area contributed by atoms with E-state index in [1.165, 1.54) is 17.0 Å². The largest absolute Gasteiger partial charge is 0.449 e. The van der Waals surface area contributed by atoms with Crippen LogP contribution in [0.25, 0.3) is 0 Å². The zero-order chi connectivity index (χ0) is 18.4. The third-order valence-corrected chi connectivity index (χ3v) is 4.01. The van der Waals surface area contributed by atoms with Gasteiger partial charge in [0.2, 0.25) is 5.82 Å². The van der Waals surface area contributed by atoms with E-state index >= 15 is 0 Å². The molecule has 1 aliphatic heterocycles. The molecule has 3 rings (SSSR count). The predicted molar refractivity (Wildman–Crippen MR) is 76.3 cm³/mol. The Hall–Kier alpha value is -2.23. The fourth-order valence-electron chi connectivity index (χ4n) is 2.84. The molecule has 0 saturated heterocycles. The first-order valence-electron chi connectivity index (χ1n) is 7.29. The van der Waals surface area contributed by atoms with E-state index in [-0.39, 0.29) is 25.5 Å². The maximum absolute atomic E-state index is 13.1. The lowest BCUT2D eigenvalue weighted by molar-refractivity contribution is -0.147. The smallest absolute Gasteiger partial charge is 0.396 e. The lowest BCUT2D eigenvalue weighted by Crippen LogP contribution is -2.37. The van der Waals surface area contributed by atoms with Crippen molar-refractivity contribution in [1.82, 2.24) is 9.55 Å². The molecule has 1 aromatic carbocycles. The summed E-state index contributed by atoms with van der Waals surface area (Å²) in [6.07, 6.45) is -8.13. The van der Waals surface area contributed by atoms with E-state index in [1.54, 1.807) is 0 Å².